The largest absolute Gasteiger partial charge is 0.497 e. The summed E-state index contributed by atoms with van der Waals surface area (Å²) in [6, 6.07) is 26.3. The van der Waals surface area contributed by atoms with Gasteiger partial charge in [-0.25, -0.2) is 4.68 Å². The molecule has 0 aliphatic carbocycles. The third-order valence-corrected chi connectivity index (χ3v) is 7.16. The number of hydrogen-bond donors (Lipinski definition) is 1. The van der Waals surface area contributed by atoms with E-state index in [1.807, 2.05) is 67.6 Å². The lowest BCUT2D eigenvalue weighted by Crippen LogP contribution is -2.42. The number of methoxy groups -OCH3 is 2. The molecule has 9 nitrogen and oxygen atoms in total. The van der Waals surface area contributed by atoms with Gasteiger partial charge in [-0.05, 0) is 54.4 Å². The van der Waals surface area contributed by atoms with E-state index in [0.29, 0.717) is 33.3 Å². The van der Waals surface area contributed by atoms with Crippen LogP contribution in [-0.2, 0) is 22.7 Å². The Morgan fingerprint density at radius 2 is 1.69 bits per heavy atom. The monoisotopic (exact) mass is 583 g/mol. The molecule has 5 aromatic rings. The highest BCUT2D eigenvalue weighted by Crippen LogP contribution is 2.32. The van der Waals surface area contributed by atoms with Crippen LogP contribution in [0.4, 0.5) is 5.69 Å². The minimum absolute atomic E-state index is 0.115. The summed E-state index contributed by atoms with van der Waals surface area (Å²) in [5, 5.41) is 11.9. The third kappa shape index (κ3) is 6.37. The van der Waals surface area contributed by atoms with Crippen LogP contribution in [-0.4, -0.2) is 45.9 Å². The second-order valence-corrected chi connectivity index (χ2v) is 10.2. The van der Waals surface area contributed by atoms with Gasteiger partial charge in [0.15, 0.2) is 0 Å². The van der Waals surface area contributed by atoms with Gasteiger partial charge in [0.25, 0.3) is 5.91 Å². The van der Waals surface area contributed by atoms with Crippen LogP contribution in [0.3, 0.4) is 0 Å². The van der Waals surface area contributed by atoms with E-state index in [4.69, 9.17) is 21.1 Å². The molecule has 5 rings (SSSR count). The van der Waals surface area contributed by atoms with Crippen LogP contribution >= 0.6 is 11.6 Å². The van der Waals surface area contributed by atoms with Crippen LogP contribution in [0, 0.1) is 6.92 Å². The van der Waals surface area contributed by atoms with Crippen molar-refractivity contribution in [1.82, 2.24) is 19.9 Å². The molecule has 0 radical (unpaired) electrons. The van der Waals surface area contributed by atoms with Crippen molar-refractivity contribution in [2.45, 2.75) is 26.1 Å². The number of amides is 2. The summed E-state index contributed by atoms with van der Waals surface area (Å²) in [7, 11) is 3.07. The fourth-order valence-corrected chi connectivity index (χ4v) is 4.81. The van der Waals surface area contributed by atoms with Crippen molar-refractivity contribution in [2.24, 2.45) is 0 Å². The molecule has 4 aromatic carbocycles. The van der Waals surface area contributed by atoms with Crippen LogP contribution in [0.1, 0.15) is 22.7 Å². The number of nitrogens with zero attached hydrogens (tertiary/aromatic N) is 4. The average Bonchev–Trinajstić information content (AvgIpc) is 3.41. The Balaban J connectivity index is 1.56. The van der Waals surface area contributed by atoms with Crippen LogP contribution < -0.4 is 14.8 Å². The minimum atomic E-state index is -0.990. The molecule has 1 aromatic heterocycles. The van der Waals surface area contributed by atoms with Gasteiger partial charge in [-0.3, -0.25) is 9.59 Å². The van der Waals surface area contributed by atoms with Gasteiger partial charge in [-0.2, -0.15) is 0 Å². The predicted octanol–water partition coefficient (Wildman–Crippen LogP) is 5.82. The lowest BCUT2D eigenvalue weighted by molar-refractivity contribution is -0.140. The SMILES string of the molecule is COc1ccc(NC(=O)C(c2ccc(C)cc2)N(Cc2ccc(Cl)cc2)C(=O)Cn2nnc3ccccc32)c(OC)c1. The smallest absolute Gasteiger partial charge is 0.251 e. The van der Waals surface area contributed by atoms with E-state index in [1.54, 1.807) is 47.0 Å². The van der Waals surface area contributed by atoms with E-state index in [2.05, 4.69) is 15.6 Å². The van der Waals surface area contributed by atoms with Crippen LogP contribution in [0.25, 0.3) is 11.0 Å². The fourth-order valence-electron chi connectivity index (χ4n) is 4.69. The molecule has 2 amide bonds. The number of aryl methyl sites for hydroxylation is 1. The predicted molar refractivity (Wildman–Crippen MR) is 162 cm³/mol. The number of hydrogen-bond acceptors (Lipinski definition) is 6. The van der Waals surface area contributed by atoms with Gasteiger partial charge in [0.1, 0.15) is 29.6 Å². The van der Waals surface area contributed by atoms with Crippen LogP contribution in [0.15, 0.2) is 91.0 Å². The summed E-state index contributed by atoms with van der Waals surface area (Å²) >= 11 is 6.14. The number of para-hydroxylation sites is 1. The third-order valence-electron chi connectivity index (χ3n) is 6.91. The van der Waals surface area contributed by atoms with Gasteiger partial charge in [0.05, 0.1) is 25.4 Å². The summed E-state index contributed by atoms with van der Waals surface area (Å²) < 4.78 is 12.4. The molecule has 1 atom stereocenters. The van der Waals surface area contributed by atoms with Gasteiger partial charge >= 0.3 is 0 Å². The number of anilines is 1. The fraction of sp³-hybridized carbons (Fsp3) is 0.188. The molecule has 0 saturated carbocycles. The molecule has 10 heteroatoms. The lowest BCUT2D eigenvalue weighted by atomic mass is 10.0. The zero-order valence-corrected chi connectivity index (χ0v) is 24.2. The number of carbonyl (C=O) groups excluding carboxylic acids is 2. The number of rotatable bonds is 10. The Kier molecular flexibility index (Phi) is 8.68. The number of ether oxygens (including phenoxy) is 2. The maximum absolute atomic E-state index is 14.2. The number of fused-ring (bicyclic) bond motifs is 1. The second-order valence-electron chi connectivity index (χ2n) is 9.75. The molecule has 0 bridgehead atoms. The maximum Gasteiger partial charge on any atom is 0.251 e. The molecule has 0 saturated heterocycles. The highest BCUT2D eigenvalue weighted by molar-refractivity contribution is 6.30. The van der Waals surface area contributed by atoms with Crippen molar-refractivity contribution in [3.8, 4) is 11.5 Å². The molecule has 42 heavy (non-hydrogen) atoms. The molecule has 1 N–H and O–H groups in total. The number of halogens is 1. The Labute approximate surface area is 248 Å². The highest BCUT2D eigenvalue weighted by Gasteiger charge is 2.33. The maximum atomic E-state index is 14.2. The van der Waals surface area contributed by atoms with Crippen molar-refractivity contribution in [3.05, 3.63) is 113 Å². The van der Waals surface area contributed by atoms with Crippen molar-refractivity contribution < 1.29 is 19.1 Å². The van der Waals surface area contributed by atoms with Crippen LogP contribution in [0.2, 0.25) is 5.02 Å². The van der Waals surface area contributed by atoms with Gasteiger partial charge in [0, 0.05) is 17.6 Å². The number of aromatic nitrogens is 3. The second kappa shape index (κ2) is 12.7. The van der Waals surface area contributed by atoms with Crippen molar-refractivity contribution >= 4 is 40.1 Å². The van der Waals surface area contributed by atoms with Gasteiger partial charge < -0.3 is 19.7 Å². The number of carbonyl (C=O) groups is 2. The lowest BCUT2D eigenvalue weighted by Gasteiger charge is -2.32. The van der Waals surface area contributed by atoms with Crippen LogP contribution in [0.5, 0.6) is 11.5 Å². The first-order chi connectivity index (χ1) is 20.4. The molecule has 0 aliphatic heterocycles. The molecule has 214 valence electrons. The zero-order chi connectivity index (χ0) is 29.6. The Morgan fingerprint density at radius 3 is 2.40 bits per heavy atom. The van der Waals surface area contributed by atoms with Crippen molar-refractivity contribution in [3.63, 3.8) is 0 Å². The molecule has 1 unspecified atom stereocenters. The van der Waals surface area contributed by atoms with Crippen molar-refractivity contribution in [2.75, 3.05) is 19.5 Å². The molecule has 1 heterocycles. The number of nitrogens with one attached hydrogen (secondary N) is 1. The molecular weight excluding hydrogens is 554 g/mol. The molecule has 0 spiro atoms. The Hall–Kier alpha value is -4.89. The quantitative estimate of drug-likeness (QED) is 0.222. The first-order valence-electron chi connectivity index (χ1n) is 13.3. The Morgan fingerprint density at radius 1 is 0.952 bits per heavy atom. The van der Waals surface area contributed by atoms with E-state index < -0.39 is 11.9 Å². The van der Waals surface area contributed by atoms with Gasteiger partial charge in [-0.15, -0.1) is 5.10 Å². The average molecular weight is 584 g/mol. The molecular formula is C32H30ClN5O4. The van der Waals surface area contributed by atoms with E-state index >= 15 is 0 Å². The van der Waals surface area contributed by atoms with Crippen molar-refractivity contribution in [1.29, 1.82) is 0 Å². The molecule has 0 fully saturated rings. The van der Waals surface area contributed by atoms with Gasteiger partial charge in [0.2, 0.25) is 5.91 Å². The van der Waals surface area contributed by atoms with E-state index in [-0.39, 0.29) is 19.0 Å². The summed E-state index contributed by atoms with van der Waals surface area (Å²) in [6.45, 7) is 2.00. The molecule has 0 aliphatic rings. The zero-order valence-electron chi connectivity index (χ0n) is 23.5. The highest BCUT2D eigenvalue weighted by atomic mass is 35.5. The topological polar surface area (TPSA) is 98.6 Å². The summed E-state index contributed by atoms with van der Waals surface area (Å²) in [6.07, 6.45) is 0. The van der Waals surface area contributed by atoms with E-state index in [9.17, 15) is 9.59 Å². The number of benzene rings is 4. The van der Waals surface area contributed by atoms with E-state index in [0.717, 1.165) is 16.6 Å². The first kappa shape index (κ1) is 28.6. The van der Waals surface area contributed by atoms with Gasteiger partial charge in [-0.1, -0.05) is 70.9 Å². The summed E-state index contributed by atoms with van der Waals surface area (Å²) in [5.41, 5.74) is 4.33. The normalized spacial score (nSPS) is 11.6. The Bertz CT molecular complexity index is 1700. The standard InChI is InChI=1S/C32H30ClN5O4/c1-21-8-12-23(13-9-21)31(32(40)34-27-17-16-25(41-2)18-29(27)42-3)37(19-22-10-14-24(33)15-11-22)30(39)20-38-28-7-5-4-6-26(28)35-36-38/h4-18,31H,19-20H2,1-3H3,(H,34,40). The van der Waals surface area contributed by atoms with E-state index in [1.165, 1.54) is 7.11 Å². The first-order valence-corrected chi connectivity index (χ1v) is 13.7. The summed E-state index contributed by atoms with van der Waals surface area (Å²) in [4.78, 5) is 29.9. The minimum Gasteiger partial charge on any atom is -0.497 e. The summed E-state index contributed by atoms with van der Waals surface area (Å²) in [5.74, 6) is 0.283.